The Hall–Kier alpha value is -1.81. The van der Waals surface area contributed by atoms with Crippen LogP contribution in [0.3, 0.4) is 0 Å². The zero-order valence-corrected chi connectivity index (χ0v) is 8.97. The summed E-state index contributed by atoms with van der Waals surface area (Å²) in [5, 5.41) is 9.92. The maximum absolute atomic E-state index is 10.9. The van der Waals surface area contributed by atoms with E-state index in [1.165, 1.54) is 0 Å². The monoisotopic (exact) mass is 218 g/mol. The largest absolute Gasteiger partial charge is 0.481 e. The molecule has 0 bridgehead atoms. The molecule has 1 unspecified atom stereocenters. The third kappa shape index (κ3) is 1.67. The molecule has 84 valence electrons. The van der Waals surface area contributed by atoms with Crippen molar-refractivity contribution >= 4 is 16.9 Å². The molecule has 0 amide bonds. The summed E-state index contributed by atoms with van der Waals surface area (Å²) in [4.78, 5) is 14.0. The summed E-state index contributed by atoms with van der Waals surface area (Å²) in [5.41, 5.74) is 7.78. The van der Waals surface area contributed by atoms with Gasteiger partial charge in [-0.3, -0.25) is 4.79 Å². The number of aromatic amines is 1. The van der Waals surface area contributed by atoms with Gasteiger partial charge in [0.15, 0.2) is 0 Å². The number of H-pyrrole nitrogens is 1. The van der Waals surface area contributed by atoms with Gasteiger partial charge in [0.2, 0.25) is 0 Å². The predicted octanol–water partition coefficient (Wildman–Crippen LogP) is 1.89. The van der Waals surface area contributed by atoms with E-state index in [9.17, 15) is 4.79 Å². The number of fused-ring (bicyclic) bond motifs is 1. The van der Waals surface area contributed by atoms with Crippen molar-refractivity contribution in [3.63, 3.8) is 0 Å². The fourth-order valence-electron chi connectivity index (χ4n) is 1.79. The SMILES string of the molecule is C[C@@H](C(=O)O)C(N)c1c[nH]c2ccccc12. The van der Waals surface area contributed by atoms with E-state index >= 15 is 0 Å². The number of carboxylic acid groups (broad SMARTS) is 1. The van der Waals surface area contributed by atoms with Gasteiger partial charge in [0, 0.05) is 23.1 Å². The van der Waals surface area contributed by atoms with Gasteiger partial charge in [0.25, 0.3) is 0 Å². The Kier molecular flexibility index (Phi) is 2.66. The van der Waals surface area contributed by atoms with Crippen LogP contribution in [0.5, 0.6) is 0 Å². The third-order valence-electron chi connectivity index (χ3n) is 2.91. The smallest absolute Gasteiger partial charge is 0.308 e. The van der Waals surface area contributed by atoms with Crippen LogP contribution >= 0.6 is 0 Å². The molecule has 0 saturated carbocycles. The summed E-state index contributed by atoms with van der Waals surface area (Å²) >= 11 is 0. The molecule has 1 heterocycles. The molecule has 2 atom stereocenters. The second-order valence-corrected chi connectivity index (χ2v) is 3.94. The first-order chi connectivity index (χ1) is 7.61. The number of rotatable bonds is 3. The normalized spacial score (nSPS) is 14.9. The van der Waals surface area contributed by atoms with E-state index in [1.807, 2.05) is 24.3 Å². The van der Waals surface area contributed by atoms with Crippen LogP contribution in [-0.2, 0) is 4.79 Å². The van der Waals surface area contributed by atoms with Gasteiger partial charge in [-0.05, 0) is 11.6 Å². The van der Waals surface area contributed by atoms with E-state index in [4.69, 9.17) is 10.8 Å². The Morgan fingerprint density at radius 1 is 1.44 bits per heavy atom. The van der Waals surface area contributed by atoms with Gasteiger partial charge >= 0.3 is 5.97 Å². The lowest BCUT2D eigenvalue weighted by Crippen LogP contribution is -2.25. The van der Waals surface area contributed by atoms with E-state index < -0.39 is 17.9 Å². The molecule has 2 rings (SSSR count). The number of nitrogens with two attached hydrogens (primary N) is 1. The molecule has 16 heavy (non-hydrogen) atoms. The molecule has 0 aliphatic rings. The highest BCUT2D eigenvalue weighted by Crippen LogP contribution is 2.27. The van der Waals surface area contributed by atoms with Crippen LogP contribution in [0.15, 0.2) is 30.5 Å². The zero-order chi connectivity index (χ0) is 11.7. The minimum atomic E-state index is -0.877. The molecule has 0 aliphatic heterocycles. The van der Waals surface area contributed by atoms with Crippen molar-refractivity contribution in [3.8, 4) is 0 Å². The van der Waals surface area contributed by atoms with Gasteiger partial charge < -0.3 is 15.8 Å². The Morgan fingerprint density at radius 3 is 2.81 bits per heavy atom. The fourth-order valence-corrected chi connectivity index (χ4v) is 1.79. The van der Waals surface area contributed by atoms with E-state index in [0.29, 0.717) is 0 Å². The van der Waals surface area contributed by atoms with Crippen molar-refractivity contribution in [1.29, 1.82) is 0 Å². The average Bonchev–Trinajstić information content (AvgIpc) is 2.70. The highest BCUT2D eigenvalue weighted by Gasteiger charge is 2.23. The molecule has 0 aliphatic carbocycles. The minimum absolute atomic E-state index is 0.492. The number of aromatic nitrogens is 1. The molecular weight excluding hydrogens is 204 g/mol. The van der Waals surface area contributed by atoms with Gasteiger partial charge in [-0.15, -0.1) is 0 Å². The van der Waals surface area contributed by atoms with Gasteiger partial charge in [-0.25, -0.2) is 0 Å². The highest BCUT2D eigenvalue weighted by atomic mass is 16.4. The van der Waals surface area contributed by atoms with E-state index in [0.717, 1.165) is 16.5 Å². The second kappa shape index (κ2) is 3.98. The summed E-state index contributed by atoms with van der Waals surface area (Å²) in [7, 11) is 0. The van der Waals surface area contributed by atoms with Gasteiger partial charge in [0.05, 0.1) is 5.92 Å². The van der Waals surface area contributed by atoms with Crippen LogP contribution in [0.1, 0.15) is 18.5 Å². The summed E-state index contributed by atoms with van der Waals surface area (Å²) in [6, 6.07) is 7.23. The van der Waals surface area contributed by atoms with E-state index in [1.54, 1.807) is 13.1 Å². The molecule has 1 aromatic heterocycles. The summed E-state index contributed by atoms with van der Waals surface area (Å²) in [5.74, 6) is -1.48. The molecule has 4 nitrogen and oxygen atoms in total. The van der Waals surface area contributed by atoms with Crippen LogP contribution in [0.4, 0.5) is 0 Å². The van der Waals surface area contributed by atoms with Crippen molar-refractivity contribution in [2.75, 3.05) is 0 Å². The summed E-state index contributed by atoms with van der Waals surface area (Å²) in [6.07, 6.45) is 1.79. The molecule has 0 saturated heterocycles. The number of carboxylic acids is 1. The topological polar surface area (TPSA) is 79.1 Å². The summed E-state index contributed by atoms with van der Waals surface area (Å²) in [6.45, 7) is 1.62. The van der Waals surface area contributed by atoms with Crippen LogP contribution in [0.25, 0.3) is 10.9 Å². The summed E-state index contributed by atoms with van der Waals surface area (Å²) < 4.78 is 0. The van der Waals surface area contributed by atoms with Crippen molar-refractivity contribution in [1.82, 2.24) is 4.98 Å². The number of nitrogens with one attached hydrogen (secondary N) is 1. The van der Waals surface area contributed by atoms with Crippen molar-refractivity contribution < 1.29 is 9.90 Å². The Morgan fingerprint density at radius 2 is 2.12 bits per heavy atom. The molecule has 4 heteroatoms. The molecule has 4 N–H and O–H groups in total. The van der Waals surface area contributed by atoms with Crippen LogP contribution in [0, 0.1) is 5.92 Å². The molecule has 0 fully saturated rings. The Bertz CT molecular complexity index is 518. The zero-order valence-electron chi connectivity index (χ0n) is 8.97. The molecule has 2 aromatic rings. The quantitative estimate of drug-likeness (QED) is 0.736. The third-order valence-corrected chi connectivity index (χ3v) is 2.91. The van der Waals surface area contributed by atoms with Crippen LogP contribution in [0.2, 0.25) is 0 Å². The second-order valence-electron chi connectivity index (χ2n) is 3.94. The van der Waals surface area contributed by atoms with Crippen LogP contribution < -0.4 is 5.73 Å². The first kappa shape index (κ1) is 10.7. The van der Waals surface area contributed by atoms with Crippen molar-refractivity contribution in [2.45, 2.75) is 13.0 Å². The first-order valence-corrected chi connectivity index (χ1v) is 5.15. The number of para-hydroxylation sites is 1. The van der Waals surface area contributed by atoms with E-state index in [2.05, 4.69) is 4.98 Å². The van der Waals surface area contributed by atoms with Crippen molar-refractivity contribution in [2.24, 2.45) is 11.7 Å². The van der Waals surface area contributed by atoms with E-state index in [-0.39, 0.29) is 0 Å². The highest BCUT2D eigenvalue weighted by molar-refractivity contribution is 5.84. The molecule has 0 radical (unpaired) electrons. The Balaban J connectivity index is 2.44. The molecule has 1 aromatic carbocycles. The lowest BCUT2D eigenvalue weighted by molar-refractivity contribution is -0.141. The number of hydrogen-bond acceptors (Lipinski definition) is 2. The van der Waals surface area contributed by atoms with Crippen molar-refractivity contribution in [3.05, 3.63) is 36.0 Å². The predicted molar refractivity (Wildman–Crippen MR) is 62.0 cm³/mol. The number of benzene rings is 1. The van der Waals surface area contributed by atoms with Gasteiger partial charge in [0.1, 0.15) is 0 Å². The van der Waals surface area contributed by atoms with Crippen LogP contribution in [-0.4, -0.2) is 16.1 Å². The number of hydrogen-bond donors (Lipinski definition) is 3. The molecule has 0 spiro atoms. The lowest BCUT2D eigenvalue weighted by Gasteiger charge is -2.15. The minimum Gasteiger partial charge on any atom is -0.481 e. The Labute approximate surface area is 93.1 Å². The molecular formula is C12H14N2O2. The van der Waals surface area contributed by atoms with Gasteiger partial charge in [-0.1, -0.05) is 25.1 Å². The van der Waals surface area contributed by atoms with Gasteiger partial charge in [-0.2, -0.15) is 0 Å². The fraction of sp³-hybridized carbons (Fsp3) is 0.250. The lowest BCUT2D eigenvalue weighted by atomic mass is 9.95. The maximum Gasteiger partial charge on any atom is 0.308 e. The number of aliphatic carboxylic acids is 1. The number of carbonyl (C=O) groups is 1. The average molecular weight is 218 g/mol. The maximum atomic E-state index is 10.9. The first-order valence-electron chi connectivity index (χ1n) is 5.15. The standard InChI is InChI=1S/C12H14N2O2/c1-7(12(15)16)11(13)9-6-14-10-5-3-2-4-8(9)10/h2-7,11,14H,13H2,1H3,(H,15,16)/t7-,11?/m1/s1.